The summed E-state index contributed by atoms with van der Waals surface area (Å²) < 4.78 is 39.0. The van der Waals surface area contributed by atoms with Crippen LogP contribution in [0.3, 0.4) is 0 Å². The molecule has 2 unspecified atom stereocenters. The molecular formula is C22H32F3N5O4. The van der Waals surface area contributed by atoms with Gasteiger partial charge >= 0.3 is 6.18 Å². The molecule has 1 aromatic heterocycles. The minimum Gasteiger partial charge on any atom is -0.347 e. The molecule has 1 saturated heterocycles. The van der Waals surface area contributed by atoms with Crippen molar-refractivity contribution in [3.8, 4) is 0 Å². The van der Waals surface area contributed by atoms with Gasteiger partial charge in [-0.1, -0.05) is 13.8 Å². The van der Waals surface area contributed by atoms with Gasteiger partial charge < -0.3 is 15.5 Å². The SMILES string of the molecule is Cc1c(C(=O)NC(C(=O)N2CCCC2C(=O)NCC(=O)C(F)(F)F)C(C)C)cnn1C(C)(C)C. The number of nitrogens with one attached hydrogen (secondary N) is 2. The maximum Gasteiger partial charge on any atom is 0.451 e. The van der Waals surface area contributed by atoms with E-state index < -0.39 is 48.3 Å². The number of likely N-dealkylation sites (tertiary alicyclic amines) is 1. The molecule has 0 aliphatic carbocycles. The Hall–Kier alpha value is -2.92. The summed E-state index contributed by atoms with van der Waals surface area (Å²) in [5.41, 5.74) is 0.599. The van der Waals surface area contributed by atoms with Crippen LogP contribution in [0.25, 0.3) is 0 Å². The molecule has 1 aliphatic heterocycles. The Morgan fingerprint density at radius 1 is 1.18 bits per heavy atom. The Labute approximate surface area is 196 Å². The van der Waals surface area contributed by atoms with Crippen LogP contribution in [0, 0.1) is 12.8 Å². The second-order valence-corrected chi connectivity index (χ2v) is 9.75. The number of amides is 3. The number of nitrogens with zero attached hydrogens (tertiary/aromatic N) is 3. The quantitative estimate of drug-likeness (QED) is 0.610. The molecule has 3 amide bonds. The lowest BCUT2D eigenvalue weighted by atomic mass is 10.0. The Morgan fingerprint density at radius 3 is 2.29 bits per heavy atom. The highest BCUT2D eigenvalue weighted by atomic mass is 19.4. The summed E-state index contributed by atoms with van der Waals surface area (Å²) in [7, 11) is 0. The van der Waals surface area contributed by atoms with E-state index in [4.69, 9.17) is 0 Å². The predicted octanol–water partition coefficient (Wildman–Crippen LogP) is 1.94. The zero-order valence-electron chi connectivity index (χ0n) is 20.2. The summed E-state index contributed by atoms with van der Waals surface area (Å²) in [6, 6.07) is -1.98. The van der Waals surface area contributed by atoms with Gasteiger partial charge in [0.15, 0.2) is 0 Å². The zero-order valence-corrected chi connectivity index (χ0v) is 20.2. The summed E-state index contributed by atoms with van der Waals surface area (Å²) >= 11 is 0. The van der Waals surface area contributed by atoms with Crippen molar-refractivity contribution in [2.75, 3.05) is 13.1 Å². The number of rotatable bonds is 7. The molecule has 1 fully saturated rings. The van der Waals surface area contributed by atoms with Crippen molar-refractivity contribution >= 4 is 23.5 Å². The first kappa shape index (κ1) is 27.3. The summed E-state index contributed by atoms with van der Waals surface area (Å²) in [6.07, 6.45) is -2.91. The van der Waals surface area contributed by atoms with Crippen molar-refractivity contribution in [3.63, 3.8) is 0 Å². The largest absolute Gasteiger partial charge is 0.451 e. The third-order valence-corrected chi connectivity index (χ3v) is 5.69. The second kappa shape index (κ2) is 10.1. The molecule has 0 aromatic carbocycles. The van der Waals surface area contributed by atoms with Gasteiger partial charge in [-0.2, -0.15) is 18.3 Å². The Bertz CT molecular complexity index is 949. The molecule has 2 heterocycles. The second-order valence-electron chi connectivity index (χ2n) is 9.75. The number of hydrogen-bond acceptors (Lipinski definition) is 5. The maximum absolute atomic E-state index is 13.3. The minimum atomic E-state index is -5.05. The van der Waals surface area contributed by atoms with E-state index in [2.05, 4.69) is 10.4 Å². The Balaban J connectivity index is 2.14. The molecule has 2 rings (SSSR count). The van der Waals surface area contributed by atoms with Gasteiger partial charge in [0.05, 0.1) is 23.8 Å². The van der Waals surface area contributed by atoms with Crippen LogP contribution in [0.1, 0.15) is 63.5 Å². The summed E-state index contributed by atoms with van der Waals surface area (Å²) in [5, 5.41) is 8.97. The monoisotopic (exact) mass is 487 g/mol. The number of halogens is 3. The molecule has 190 valence electrons. The summed E-state index contributed by atoms with van der Waals surface area (Å²) in [5.74, 6) is -4.24. The highest BCUT2D eigenvalue weighted by molar-refractivity contribution is 5.99. The number of carbonyl (C=O) groups excluding carboxylic acids is 4. The van der Waals surface area contributed by atoms with E-state index in [-0.39, 0.29) is 24.4 Å². The van der Waals surface area contributed by atoms with Crippen molar-refractivity contribution in [1.29, 1.82) is 0 Å². The van der Waals surface area contributed by atoms with Crippen LogP contribution in [0.4, 0.5) is 13.2 Å². The van der Waals surface area contributed by atoms with Crippen LogP contribution in [0.2, 0.25) is 0 Å². The van der Waals surface area contributed by atoms with Crippen LogP contribution in [0.15, 0.2) is 6.20 Å². The number of ketones is 1. The number of alkyl halides is 3. The third-order valence-electron chi connectivity index (χ3n) is 5.69. The van der Waals surface area contributed by atoms with E-state index in [1.165, 1.54) is 11.1 Å². The molecule has 12 heteroatoms. The number of aromatic nitrogens is 2. The smallest absolute Gasteiger partial charge is 0.347 e. The molecule has 9 nitrogen and oxygen atoms in total. The van der Waals surface area contributed by atoms with Crippen LogP contribution in [-0.4, -0.2) is 69.5 Å². The van der Waals surface area contributed by atoms with Crippen molar-refractivity contribution in [1.82, 2.24) is 25.3 Å². The Morgan fingerprint density at radius 2 is 1.79 bits per heavy atom. The highest BCUT2D eigenvalue weighted by Crippen LogP contribution is 2.22. The minimum absolute atomic E-state index is 0.213. The lowest BCUT2D eigenvalue weighted by molar-refractivity contribution is -0.170. The van der Waals surface area contributed by atoms with E-state index >= 15 is 0 Å². The third kappa shape index (κ3) is 6.15. The van der Waals surface area contributed by atoms with Crippen molar-refractivity contribution < 1.29 is 32.3 Å². The molecule has 0 saturated carbocycles. The van der Waals surface area contributed by atoms with Gasteiger partial charge in [0.2, 0.25) is 11.8 Å². The molecule has 1 aliphatic rings. The van der Waals surface area contributed by atoms with Crippen molar-refractivity contribution in [3.05, 3.63) is 17.5 Å². The standard InChI is InChI=1S/C22H32F3N5O4/c1-12(2)17(28-18(32)14-10-27-30(13(14)3)21(4,5)6)20(34)29-9-7-8-15(29)19(33)26-11-16(31)22(23,24)25/h10,12,15,17H,7-9,11H2,1-6H3,(H,26,33)(H,28,32). The van der Waals surface area contributed by atoms with Crippen LogP contribution < -0.4 is 10.6 Å². The lowest BCUT2D eigenvalue weighted by Crippen LogP contribution is -2.55. The summed E-state index contributed by atoms with van der Waals surface area (Å²) in [6.45, 7) is 10.1. The maximum atomic E-state index is 13.3. The molecule has 34 heavy (non-hydrogen) atoms. The fourth-order valence-electron chi connectivity index (χ4n) is 3.91. The van der Waals surface area contributed by atoms with E-state index in [9.17, 15) is 32.3 Å². The topological polar surface area (TPSA) is 113 Å². The van der Waals surface area contributed by atoms with Gasteiger partial charge in [0, 0.05) is 12.2 Å². The van der Waals surface area contributed by atoms with E-state index in [1.54, 1.807) is 25.5 Å². The van der Waals surface area contributed by atoms with Gasteiger partial charge in [0.25, 0.3) is 11.7 Å². The first-order valence-electron chi connectivity index (χ1n) is 11.1. The molecule has 0 radical (unpaired) electrons. The van der Waals surface area contributed by atoms with Gasteiger partial charge in [-0.25, -0.2) is 0 Å². The molecule has 1 aromatic rings. The van der Waals surface area contributed by atoms with Gasteiger partial charge in [-0.05, 0) is 46.5 Å². The molecule has 0 bridgehead atoms. The highest BCUT2D eigenvalue weighted by Gasteiger charge is 2.41. The van der Waals surface area contributed by atoms with Gasteiger partial charge in [0.1, 0.15) is 12.1 Å². The van der Waals surface area contributed by atoms with Gasteiger partial charge in [-0.15, -0.1) is 0 Å². The van der Waals surface area contributed by atoms with Crippen LogP contribution >= 0.6 is 0 Å². The number of hydrogen-bond donors (Lipinski definition) is 2. The average Bonchev–Trinajstić information content (AvgIpc) is 3.34. The predicted molar refractivity (Wildman–Crippen MR) is 117 cm³/mol. The van der Waals surface area contributed by atoms with E-state index in [1.807, 2.05) is 26.1 Å². The molecular weight excluding hydrogens is 455 g/mol. The van der Waals surface area contributed by atoms with E-state index in [0.29, 0.717) is 17.7 Å². The Kier molecular flexibility index (Phi) is 8.15. The normalized spacial score (nSPS) is 17.6. The average molecular weight is 488 g/mol. The van der Waals surface area contributed by atoms with Crippen molar-refractivity contribution in [2.45, 2.75) is 78.2 Å². The number of Topliss-reactive ketones (excluding diaryl/α,β-unsaturated/α-hetero) is 1. The fraction of sp³-hybridized carbons (Fsp3) is 0.682. The first-order chi connectivity index (χ1) is 15.6. The summed E-state index contributed by atoms with van der Waals surface area (Å²) in [4.78, 5) is 51.0. The van der Waals surface area contributed by atoms with Crippen LogP contribution in [-0.2, 0) is 19.9 Å². The fourth-order valence-corrected chi connectivity index (χ4v) is 3.91. The molecule has 2 N–H and O–H groups in total. The molecule has 2 atom stereocenters. The van der Waals surface area contributed by atoms with Gasteiger partial charge in [-0.3, -0.25) is 23.9 Å². The molecule has 0 spiro atoms. The first-order valence-corrected chi connectivity index (χ1v) is 11.1. The van der Waals surface area contributed by atoms with Crippen LogP contribution in [0.5, 0.6) is 0 Å². The van der Waals surface area contributed by atoms with Crippen molar-refractivity contribution in [2.24, 2.45) is 5.92 Å². The number of carbonyl (C=O) groups is 4. The lowest BCUT2D eigenvalue weighted by Gasteiger charge is -2.30. The van der Waals surface area contributed by atoms with E-state index in [0.717, 1.165) is 0 Å². The zero-order chi connectivity index (χ0) is 26.0.